The van der Waals surface area contributed by atoms with Crippen LogP contribution in [0.4, 0.5) is 5.69 Å². The minimum absolute atomic E-state index is 0.106. The van der Waals surface area contributed by atoms with E-state index in [1.807, 2.05) is 68.9 Å². The Morgan fingerprint density at radius 3 is 2.38 bits per heavy atom. The quantitative estimate of drug-likeness (QED) is 0.693. The van der Waals surface area contributed by atoms with E-state index in [9.17, 15) is 9.59 Å². The summed E-state index contributed by atoms with van der Waals surface area (Å²) in [5, 5.41) is 5.93. The number of benzene rings is 2. The Kier molecular flexibility index (Phi) is 5.82. The topological polar surface area (TPSA) is 76.0 Å². The molecule has 0 aliphatic rings. The highest BCUT2D eigenvalue weighted by Gasteiger charge is 2.23. The molecule has 3 aromatic rings. The van der Waals surface area contributed by atoms with Crippen LogP contribution in [0.25, 0.3) is 0 Å². The first-order chi connectivity index (χ1) is 13.8. The molecule has 1 heterocycles. The monoisotopic (exact) mass is 390 g/mol. The number of rotatable bonds is 5. The fourth-order valence-electron chi connectivity index (χ4n) is 2.87. The van der Waals surface area contributed by atoms with Crippen molar-refractivity contribution in [3.05, 3.63) is 83.9 Å². The Balaban J connectivity index is 1.85. The molecule has 0 aliphatic carbocycles. The molecular weight excluding hydrogens is 364 g/mol. The van der Waals surface area contributed by atoms with E-state index in [1.54, 1.807) is 30.5 Å². The van der Waals surface area contributed by atoms with Gasteiger partial charge < -0.3 is 15.2 Å². The van der Waals surface area contributed by atoms with Crippen LogP contribution in [0, 0.1) is 5.41 Å². The number of imidazole rings is 1. The lowest BCUT2D eigenvalue weighted by molar-refractivity contribution is -0.123. The average molecular weight is 390 g/mol. The van der Waals surface area contributed by atoms with Crippen molar-refractivity contribution < 1.29 is 9.59 Å². The summed E-state index contributed by atoms with van der Waals surface area (Å²) in [4.78, 5) is 29.7. The SMILES string of the molecule is Cn1ccnc1C(NC(=O)c1cccc(NC(=O)C(C)(C)C)c1)c1ccccc1. The van der Waals surface area contributed by atoms with E-state index < -0.39 is 11.5 Å². The molecule has 1 atom stereocenters. The number of amides is 2. The summed E-state index contributed by atoms with van der Waals surface area (Å²) in [6, 6.07) is 16.2. The first-order valence-corrected chi connectivity index (χ1v) is 9.50. The molecule has 0 spiro atoms. The molecule has 0 saturated heterocycles. The maximum Gasteiger partial charge on any atom is 0.252 e. The van der Waals surface area contributed by atoms with Gasteiger partial charge in [-0.2, -0.15) is 0 Å². The van der Waals surface area contributed by atoms with Gasteiger partial charge in [0.25, 0.3) is 5.91 Å². The Morgan fingerprint density at radius 2 is 1.76 bits per heavy atom. The number of aromatic nitrogens is 2. The first kappa shape index (κ1) is 20.3. The van der Waals surface area contributed by atoms with E-state index in [-0.39, 0.29) is 11.8 Å². The third kappa shape index (κ3) is 4.90. The standard InChI is InChI=1S/C23H26N4O2/c1-23(2,3)22(29)25-18-12-8-11-17(15-18)21(28)26-19(16-9-6-5-7-10-16)20-24-13-14-27(20)4/h5-15,19H,1-4H3,(H,25,29)(H,26,28). The normalized spacial score (nSPS) is 12.3. The Morgan fingerprint density at radius 1 is 1.03 bits per heavy atom. The number of anilines is 1. The van der Waals surface area contributed by atoms with E-state index >= 15 is 0 Å². The van der Waals surface area contributed by atoms with Crippen LogP contribution in [0.1, 0.15) is 48.6 Å². The second-order valence-corrected chi connectivity index (χ2v) is 8.00. The van der Waals surface area contributed by atoms with Crippen molar-refractivity contribution in [3.63, 3.8) is 0 Å². The summed E-state index contributed by atoms with van der Waals surface area (Å²) in [6.07, 6.45) is 3.56. The fourth-order valence-corrected chi connectivity index (χ4v) is 2.87. The fraction of sp³-hybridized carbons (Fsp3) is 0.261. The highest BCUT2D eigenvalue weighted by Crippen LogP contribution is 2.22. The molecule has 29 heavy (non-hydrogen) atoms. The van der Waals surface area contributed by atoms with Gasteiger partial charge in [0.2, 0.25) is 5.91 Å². The van der Waals surface area contributed by atoms with Crippen molar-refractivity contribution in [3.8, 4) is 0 Å². The van der Waals surface area contributed by atoms with Gasteiger partial charge in [-0.15, -0.1) is 0 Å². The van der Waals surface area contributed by atoms with Crippen LogP contribution in [0.5, 0.6) is 0 Å². The minimum Gasteiger partial charge on any atom is -0.338 e. The number of nitrogens with one attached hydrogen (secondary N) is 2. The van der Waals surface area contributed by atoms with Crippen LogP contribution in [-0.2, 0) is 11.8 Å². The Hall–Kier alpha value is -3.41. The van der Waals surface area contributed by atoms with E-state index in [1.165, 1.54) is 0 Å². The highest BCUT2D eigenvalue weighted by atomic mass is 16.2. The van der Waals surface area contributed by atoms with Gasteiger partial charge in [-0.05, 0) is 23.8 Å². The molecule has 150 valence electrons. The van der Waals surface area contributed by atoms with E-state index in [0.717, 1.165) is 11.4 Å². The molecule has 1 aromatic heterocycles. The maximum atomic E-state index is 13.0. The molecule has 2 amide bonds. The van der Waals surface area contributed by atoms with Gasteiger partial charge >= 0.3 is 0 Å². The van der Waals surface area contributed by atoms with Crippen LogP contribution < -0.4 is 10.6 Å². The molecule has 6 nitrogen and oxygen atoms in total. The first-order valence-electron chi connectivity index (χ1n) is 9.50. The molecule has 6 heteroatoms. The third-order valence-electron chi connectivity index (χ3n) is 4.59. The molecule has 2 aromatic carbocycles. The van der Waals surface area contributed by atoms with Gasteiger partial charge in [0.1, 0.15) is 11.9 Å². The summed E-state index contributed by atoms with van der Waals surface area (Å²) in [5.74, 6) is 0.390. The molecule has 0 fully saturated rings. The van der Waals surface area contributed by atoms with Crippen LogP contribution >= 0.6 is 0 Å². The Labute approximate surface area is 171 Å². The molecule has 0 radical (unpaired) electrons. The second kappa shape index (κ2) is 8.31. The van der Waals surface area contributed by atoms with Crippen molar-refractivity contribution >= 4 is 17.5 Å². The number of nitrogens with zero attached hydrogens (tertiary/aromatic N) is 2. The lowest BCUT2D eigenvalue weighted by Crippen LogP contribution is -2.31. The van der Waals surface area contributed by atoms with Crippen LogP contribution in [0.3, 0.4) is 0 Å². The molecule has 2 N–H and O–H groups in total. The molecule has 3 rings (SSSR count). The van der Waals surface area contributed by atoms with Crippen LogP contribution in [-0.4, -0.2) is 21.4 Å². The van der Waals surface area contributed by atoms with E-state index in [2.05, 4.69) is 15.6 Å². The van der Waals surface area contributed by atoms with E-state index in [4.69, 9.17) is 0 Å². The molecule has 0 aliphatic heterocycles. The van der Waals surface area contributed by atoms with Gasteiger partial charge in [-0.25, -0.2) is 4.98 Å². The number of aryl methyl sites for hydroxylation is 1. The van der Waals surface area contributed by atoms with E-state index in [0.29, 0.717) is 11.3 Å². The third-order valence-corrected chi connectivity index (χ3v) is 4.59. The predicted octanol–water partition coefficient (Wildman–Crippen LogP) is 3.92. The zero-order valence-corrected chi connectivity index (χ0v) is 17.1. The van der Waals surface area contributed by atoms with Crippen LogP contribution in [0.2, 0.25) is 0 Å². The predicted molar refractivity (Wildman–Crippen MR) is 113 cm³/mol. The van der Waals surface area contributed by atoms with Gasteiger partial charge in [0.15, 0.2) is 0 Å². The minimum atomic E-state index is -0.519. The average Bonchev–Trinajstić information content (AvgIpc) is 3.11. The van der Waals surface area contributed by atoms with Gasteiger partial charge in [0.05, 0.1) is 0 Å². The van der Waals surface area contributed by atoms with Crippen molar-refractivity contribution in [1.82, 2.24) is 14.9 Å². The van der Waals surface area contributed by atoms with Crippen molar-refractivity contribution in [1.29, 1.82) is 0 Å². The molecule has 1 unspecified atom stereocenters. The maximum absolute atomic E-state index is 13.0. The second-order valence-electron chi connectivity index (χ2n) is 8.00. The molecule has 0 saturated carbocycles. The van der Waals surface area contributed by atoms with Gasteiger partial charge in [-0.1, -0.05) is 57.2 Å². The summed E-state index contributed by atoms with van der Waals surface area (Å²) in [7, 11) is 1.90. The van der Waals surface area contributed by atoms with Crippen molar-refractivity contribution in [2.75, 3.05) is 5.32 Å². The van der Waals surface area contributed by atoms with Crippen LogP contribution in [0.15, 0.2) is 67.0 Å². The smallest absolute Gasteiger partial charge is 0.252 e. The summed E-state index contributed by atoms with van der Waals surface area (Å²) >= 11 is 0. The van der Waals surface area contributed by atoms with Gasteiger partial charge in [0, 0.05) is 36.1 Å². The summed E-state index contributed by atoms with van der Waals surface area (Å²) in [5.41, 5.74) is 1.47. The highest BCUT2D eigenvalue weighted by molar-refractivity contribution is 5.98. The molecule has 0 bridgehead atoms. The van der Waals surface area contributed by atoms with Gasteiger partial charge in [-0.3, -0.25) is 9.59 Å². The molecular formula is C23H26N4O2. The van der Waals surface area contributed by atoms with Crippen molar-refractivity contribution in [2.45, 2.75) is 26.8 Å². The largest absolute Gasteiger partial charge is 0.338 e. The summed E-state index contributed by atoms with van der Waals surface area (Å²) < 4.78 is 1.89. The zero-order chi connectivity index (χ0) is 21.0. The van der Waals surface area contributed by atoms with Crippen molar-refractivity contribution in [2.24, 2.45) is 12.5 Å². The number of hydrogen-bond donors (Lipinski definition) is 2. The number of carbonyl (C=O) groups excluding carboxylic acids is 2. The zero-order valence-electron chi connectivity index (χ0n) is 17.1. The lowest BCUT2D eigenvalue weighted by Gasteiger charge is -2.20. The summed E-state index contributed by atoms with van der Waals surface area (Å²) in [6.45, 7) is 5.53. The number of hydrogen-bond acceptors (Lipinski definition) is 3. The number of carbonyl (C=O) groups is 2. The Bertz CT molecular complexity index is 1000. The lowest BCUT2D eigenvalue weighted by atomic mass is 9.95.